The predicted octanol–water partition coefficient (Wildman–Crippen LogP) is 2.92. The van der Waals surface area contributed by atoms with Gasteiger partial charge in [-0.3, -0.25) is 4.98 Å². The van der Waals surface area contributed by atoms with Gasteiger partial charge in [-0.1, -0.05) is 43.3 Å². The normalized spacial score (nSPS) is 14.4. The minimum Gasteiger partial charge on any atom is -0.388 e. The molecular weight excluding hydrogens is 198 g/mol. The Hall–Kier alpha value is -1.67. The first-order valence-corrected chi connectivity index (χ1v) is 5.42. The Balaban J connectivity index is 2.20. The van der Waals surface area contributed by atoms with Crippen LogP contribution in [0.2, 0.25) is 0 Å². The second-order valence-electron chi connectivity index (χ2n) is 3.93. The molecule has 0 fully saturated rings. The lowest BCUT2D eigenvalue weighted by Crippen LogP contribution is -2.07. The molecule has 0 spiro atoms. The maximum absolute atomic E-state index is 10.2. The summed E-state index contributed by atoms with van der Waals surface area (Å²) in [5.74, 6) is 0.0519. The van der Waals surface area contributed by atoms with E-state index in [-0.39, 0.29) is 5.92 Å². The topological polar surface area (TPSA) is 33.1 Å². The summed E-state index contributed by atoms with van der Waals surface area (Å²) in [7, 11) is 0. The van der Waals surface area contributed by atoms with Gasteiger partial charge in [0.15, 0.2) is 0 Å². The van der Waals surface area contributed by atoms with Gasteiger partial charge >= 0.3 is 0 Å². The predicted molar refractivity (Wildman–Crippen MR) is 64.1 cm³/mol. The zero-order valence-corrected chi connectivity index (χ0v) is 9.25. The monoisotopic (exact) mass is 213 g/mol. The van der Waals surface area contributed by atoms with Crippen LogP contribution in [0.25, 0.3) is 0 Å². The molecule has 0 amide bonds. The highest BCUT2D eigenvalue weighted by Gasteiger charge is 2.17. The molecule has 1 aromatic carbocycles. The summed E-state index contributed by atoms with van der Waals surface area (Å²) < 4.78 is 0. The van der Waals surface area contributed by atoms with Crippen LogP contribution in [0, 0.1) is 0 Å². The number of aliphatic hydroxyl groups excluding tert-OH is 1. The van der Waals surface area contributed by atoms with E-state index in [9.17, 15) is 5.11 Å². The maximum Gasteiger partial charge on any atom is 0.0856 e. The van der Waals surface area contributed by atoms with E-state index in [1.165, 1.54) is 0 Å². The number of pyridine rings is 1. The molecule has 0 aliphatic rings. The van der Waals surface area contributed by atoms with Crippen molar-refractivity contribution < 1.29 is 5.11 Å². The second-order valence-corrected chi connectivity index (χ2v) is 3.93. The van der Waals surface area contributed by atoms with Crippen molar-refractivity contribution in [1.82, 2.24) is 4.98 Å². The Labute approximate surface area is 95.6 Å². The minimum atomic E-state index is -0.481. The molecule has 2 heteroatoms. The molecule has 2 aromatic rings. The fourth-order valence-electron chi connectivity index (χ4n) is 1.77. The molecule has 82 valence electrons. The molecule has 1 N–H and O–H groups in total. The van der Waals surface area contributed by atoms with Gasteiger partial charge in [0.1, 0.15) is 0 Å². The summed E-state index contributed by atoms with van der Waals surface area (Å²) >= 11 is 0. The van der Waals surface area contributed by atoms with E-state index in [4.69, 9.17) is 0 Å². The summed E-state index contributed by atoms with van der Waals surface area (Å²) in [6, 6.07) is 13.6. The van der Waals surface area contributed by atoms with Crippen LogP contribution in [0.4, 0.5) is 0 Å². The first-order valence-electron chi connectivity index (χ1n) is 5.42. The summed E-state index contributed by atoms with van der Waals surface area (Å²) in [5.41, 5.74) is 2.00. The van der Waals surface area contributed by atoms with Crippen LogP contribution in [0.5, 0.6) is 0 Å². The highest BCUT2D eigenvalue weighted by Crippen LogP contribution is 2.29. The van der Waals surface area contributed by atoms with Gasteiger partial charge < -0.3 is 5.11 Å². The number of nitrogens with zero attached hydrogens (tertiary/aromatic N) is 1. The lowest BCUT2D eigenvalue weighted by molar-refractivity contribution is 0.151. The van der Waals surface area contributed by atoms with Crippen LogP contribution in [-0.4, -0.2) is 10.1 Å². The van der Waals surface area contributed by atoms with Crippen LogP contribution < -0.4 is 0 Å². The zero-order chi connectivity index (χ0) is 11.4. The molecule has 1 aromatic heterocycles. The molecule has 0 unspecified atom stereocenters. The Morgan fingerprint density at radius 1 is 1.00 bits per heavy atom. The van der Waals surface area contributed by atoms with Gasteiger partial charge in [0.05, 0.1) is 6.10 Å². The highest BCUT2D eigenvalue weighted by atomic mass is 16.3. The molecule has 0 saturated carbocycles. The second kappa shape index (κ2) is 4.90. The van der Waals surface area contributed by atoms with Gasteiger partial charge in [-0.15, -0.1) is 0 Å². The van der Waals surface area contributed by atoms with E-state index in [1.807, 2.05) is 49.4 Å². The largest absolute Gasteiger partial charge is 0.388 e. The Bertz CT molecular complexity index is 384. The van der Waals surface area contributed by atoms with E-state index in [1.54, 1.807) is 12.4 Å². The molecule has 2 nitrogen and oxygen atoms in total. The molecule has 0 bridgehead atoms. The number of aromatic nitrogens is 1. The zero-order valence-electron chi connectivity index (χ0n) is 9.25. The number of benzene rings is 1. The van der Waals surface area contributed by atoms with Crippen molar-refractivity contribution in [2.75, 3.05) is 0 Å². The maximum atomic E-state index is 10.2. The Kier molecular flexibility index (Phi) is 3.32. The first kappa shape index (κ1) is 10.8. The van der Waals surface area contributed by atoms with Gasteiger partial charge in [-0.25, -0.2) is 0 Å². The summed E-state index contributed by atoms with van der Waals surface area (Å²) in [4.78, 5) is 4.07. The van der Waals surface area contributed by atoms with E-state index in [2.05, 4.69) is 4.98 Å². The van der Waals surface area contributed by atoms with Crippen LogP contribution in [0.15, 0.2) is 54.9 Å². The molecule has 16 heavy (non-hydrogen) atoms. The third kappa shape index (κ3) is 2.28. The lowest BCUT2D eigenvalue weighted by Gasteiger charge is -2.19. The van der Waals surface area contributed by atoms with Gasteiger partial charge in [-0.2, -0.15) is 0 Å². The number of rotatable bonds is 3. The molecule has 0 aliphatic carbocycles. The van der Waals surface area contributed by atoms with Gasteiger partial charge in [0.25, 0.3) is 0 Å². The highest BCUT2D eigenvalue weighted by molar-refractivity contribution is 5.24. The van der Waals surface area contributed by atoms with Gasteiger partial charge in [0.2, 0.25) is 0 Å². The van der Waals surface area contributed by atoms with E-state index in [0.717, 1.165) is 11.1 Å². The van der Waals surface area contributed by atoms with Crippen LogP contribution in [0.1, 0.15) is 30.1 Å². The molecule has 2 atom stereocenters. The quantitative estimate of drug-likeness (QED) is 0.850. The standard InChI is InChI=1S/C14H15NO/c1-11(13-8-5-9-15-10-13)14(16)12-6-3-2-4-7-12/h2-11,14,16H,1H3/t11-,14-/m0/s1. The lowest BCUT2D eigenvalue weighted by atomic mass is 9.92. The molecule has 0 saturated heterocycles. The average Bonchev–Trinajstić information content (AvgIpc) is 2.39. The summed E-state index contributed by atoms with van der Waals surface area (Å²) in [6.07, 6.45) is 3.06. The smallest absolute Gasteiger partial charge is 0.0856 e. The van der Waals surface area contributed by atoms with Gasteiger partial charge in [-0.05, 0) is 17.2 Å². The number of hydrogen-bond acceptors (Lipinski definition) is 2. The van der Waals surface area contributed by atoms with Crippen molar-refractivity contribution in [2.45, 2.75) is 18.9 Å². The summed E-state index contributed by atoms with van der Waals surface area (Å²) in [6.45, 7) is 2.01. The molecule has 0 aliphatic heterocycles. The summed E-state index contributed by atoms with van der Waals surface area (Å²) in [5, 5.41) is 10.2. The molecule has 0 radical (unpaired) electrons. The van der Waals surface area contributed by atoms with Crippen molar-refractivity contribution in [3.8, 4) is 0 Å². The minimum absolute atomic E-state index is 0.0519. The van der Waals surface area contributed by atoms with Gasteiger partial charge in [0, 0.05) is 18.3 Å². The van der Waals surface area contributed by atoms with E-state index in [0.29, 0.717) is 0 Å². The van der Waals surface area contributed by atoms with E-state index < -0.39 is 6.10 Å². The fourth-order valence-corrected chi connectivity index (χ4v) is 1.77. The van der Waals surface area contributed by atoms with Crippen LogP contribution in [0.3, 0.4) is 0 Å². The Morgan fingerprint density at radius 3 is 2.31 bits per heavy atom. The first-order chi connectivity index (χ1) is 7.79. The molecular formula is C14H15NO. The van der Waals surface area contributed by atoms with Crippen LogP contribution >= 0.6 is 0 Å². The Morgan fingerprint density at radius 2 is 1.69 bits per heavy atom. The van der Waals surface area contributed by atoms with Crippen molar-refractivity contribution in [3.63, 3.8) is 0 Å². The van der Waals surface area contributed by atoms with Crippen molar-refractivity contribution in [2.24, 2.45) is 0 Å². The third-order valence-electron chi connectivity index (χ3n) is 2.82. The average molecular weight is 213 g/mol. The molecule has 1 heterocycles. The SMILES string of the molecule is C[C@@H](c1cccnc1)[C@H](O)c1ccccc1. The number of hydrogen-bond donors (Lipinski definition) is 1. The van der Waals surface area contributed by atoms with Crippen molar-refractivity contribution >= 4 is 0 Å². The van der Waals surface area contributed by atoms with Crippen molar-refractivity contribution in [3.05, 3.63) is 66.0 Å². The number of aliphatic hydroxyl groups is 1. The third-order valence-corrected chi connectivity index (χ3v) is 2.82. The molecule has 2 rings (SSSR count). The fraction of sp³-hybridized carbons (Fsp3) is 0.214. The van der Waals surface area contributed by atoms with Crippen molar-refractivity contribution in [1.29, 1.82) is 0 Å². The van der Waals surface area contributed by atoms with Crippen LogP contribution in [-0.2, 0) is 0 Å². The van der Waals surface area contributed by atoms with E-state index >= 15 is 0 Å².